The molecule has 2 rings (SSSR count). The van der Waals surface area contributed by atoms with Gasteiger partial charge in [-0.1, -0.05) is 0 Å². The van der Waals surface area contributed by atoms with Crippen LogP contribution < -0.4 is 0 Å². The molecule has 5 heteroatoms. The van der Waals surface area contributed by atoms with Gasteiger partial charge in [-0.15, -0.1) is 0 Å². The normalized spacial score (nSPS) is 11.2. The lowest BCUT2D eigenvalue weighted by molar-refractivity contribution is -0.150. The molecular weight excluding hydrogens is 268 g/mol. The fourth-order valence-electron chi connectivity index (χ4n) is 2.08. The van der Waals surface area contributed by atoms with Crippen LogP contribution in [0.25, 0.3) is 5.69 Å². The van der Waals surface area contributed by atoms with Crippen molar-refractivity contribution < 1.29 is 14.3 Å². The first-order valence-electron chi connectivity index (χ1n) is 6.64. The van der Waals surface area contributed by atoms with E-state index in [1.165, 1.54) is 7.11 Å². The molecule has 1 heterocycles. The second-order valence-electron chi connectivity index (χ2n) is 5.49. The molecule has 0 bridgehead atoms. The summed E-state index contributed by atoms with van der Waals surface area (Å²) in [5.74, 6) is -0.464. The van der Waals surface area contributed by atoms with Crippen LogP contribution in [-0.4, -0.2) is 28.4 Å². The van der Waals surface area contributed by atoms with E-state index in [4.69, 9.17) is 4.74 Å². The molecule has 0 N–H and O–H groups in total. The number of aromatic nitrogens is 2. The molecule has 0 aliphatic carbocycles. The number of ether oxygens (including phenoxy) is 1. The lowest BCUT2D eigenvalue weighted by atomic mass is 9.85. The lowest BCUT2D eigenvalue weighted by Gasteiger charge is -2.20. The van der Waals surface area contributed by atoms with Crippen LogP contribution in [0.15, 0.2) is 43.0 Å². The van der Waals surface area contributed by atoms with Gasteiger partial charge >= 0.3 is 5.97 Å². The zero-order chi connectivity index (χ0) is 15.5. The maximum Gasteiger partial charge on any atom is 0.311 e. The molecule has 1 aromatic carbocycles. The number of methoxy groups -OCH3 is 1. The third kappa shape index (κ3) is 3.37. The summed E-state index contributed by atoms with van der Waals surface area (Å²) >= 11 is 0. The standard InChI is InChI=1S/C16H18N2O3/c1-16(2,15(20)21-3)10-14(19)12-4-6-13(7-5-12)18-9-8-17-11-18/h4-9,11H,10H2,1-3H3. The highest BCUT2D eigenvalue weighted by atomic mass is 16.5. The van der Waals surface area contributed by atoms with E-state index in [0.29, 0.717) is 5.56 Å². The van der Waals surface area contributed by atoms with Crippen molar-refractivity contribution in [1.29, 1.82) is 0 Å². The average molecular weight is 286 g/mol. The molecule has 0 spiro atoms. The number of imidazole rings is 1. The van der Waals surface area contributed by atoms with Crippen LogP contribution in [0.1, 0.15) is 30.6 Å². The monoisotopic (exact) mass is 286 g/mol. The number of benzene rings is 1. The third-order valence-electron chi connectivity index (χ3n) is 3.33. The molecule has 0 amide bonds. The molecule has 2 aromatic rings. The van der Waals surface area contributed by atoms with Gasteiger partial charge in [0.1, 0.15) is 0 Å². The number of esters is 1. The van der Waals surface area contributed by atoms with Crippen molar-refractivity contribution in [2.24, 2.45) is 5.41 Å². The Labute approximate surface area is 123 Å². The SMILES string of the molecule is COC(=O)C(C)(C)CC(=O)c1ccc(-n2ccnc2)cc1. The zero-order valence-corrected chi connectivity index (χ0v) is 12.4. The van der Waals surface area contributed by atoms with Crippen LogP contribution in [0.4, 0.5) is 0 Å². The van der Waals surface area contributed by atoms with E-state index in [9.17, 15) is 9.59 Å². The summed E-state index contributed by atoms with van der Waals surface area (Å²) in [5.41, 5.74) is 0.682. The van der Waals surface area contributed by atoms with E-state index >= 15 is 0 Å². The van der Waals surface area contributed by atoms with Crippen LogP contribution >= 0.6 is 0 Å². The number of carbonyl (C=O) groups is 2. The number of rotatable bonds is 5. The molecule has 0 fully saturated rings. The predicted octanol–water partition coefficient (Wildman–Crippen LogP) is 2.64. The Morgan fingerprint density at radius 1 is 1.24 bits per heavy atom. The van der Waals surface area contributed by atoms with Crippen molar-refractivity contribution in [3.8, 4) is 5.69 Å². The Kier molecular flexibility index (Phi) is 4.21. The Hall–Kier alpha value is -2.43. The predicted molar refractivity (Wildman–Crippen MR) is 78.3 cm³/mol. The van der Waals surface area contributed by atoms with Crippen molar-refractivity contribution in [2.75, 3.05) is 7.11 Å². The van der Waals surface area contributed by atoms with Gasteiger partial charge in [-0.05, 0) is 38.1 Å². The summed E-state index contributed by atoms with van der Waals surface area (Å²) in [4.78, 5) is 27.9. The highest BCUT2D eigenvalue weighted by Crippen LogP contribution is 2.24. The first-order chi connectivity index (χ1) is 9.94. The summed E-state index contributed by atoms with van der Waals surface area (Å²) in [5, 5.41) is 0. The minimum Gasteiger partial charge on any atom is -0.469 e. The second-order valence-corrected chi connectivity index (χ2v) is 5.49. The Morgan fingerprint density at radius 3 is 2.43 bits per heavy atom. The quantitative estimate of drug-likeness (QED) is 0.626. The second kappa shape index (κ2) is 5.91. The Balaban J connectivity index is 2.12. The van der Waals surface area contributed by atoms with Gasteiger partial charge in [0, 0.05) is 30.1 Å². The molecule has 0 radical (unpaired) electrons. The summed E-state index contributed by atoms with van der Waals surface area (Å²) in [7, 11) is 1.33. The van der Waals surface area contributed by atoms with Crippen molar-refractivity contribution in [1.82, 2.24) is 9.55 Å². The van der Waals surface area contributed by atoms with Crippen molar-refractivity contribution in [3.05, 3.63) is 48.5 Å². The van der Waals surface area contributed by atoms with E-state index in [1.807, 2.05) is 22.9 Å². The summed E-state index contributed by atoms with van der Waals surface area (Å²) in [6, 6.07) is 7.20. The third-order valence-corrected chi connectivity index (χ3v) is 3.33. The molecule has 110 valence electrons. The van der Waals surface area contributed by atoms with Gasteiger partial charge in [0.25, 0.3) is 0 Å². The minimum absolute atomic E-state index is 0.0809. The topological polar surface area (TPSA) is 61.2 Å². The molecule has 0 atom stereocenters. The Morgan fingerprint density at radius 2 is 1.90 bits per heavy atom. The molecular formula is C16H18N2O3. The van der Waals surface area contributed by atoms with Crippen LogP contribution in [0, 0.1) is 5.41 Å². The molecule has 5 nitrogen and oxygen atoms in total. The van der Waals surface area contributed by atoms with Crippen molar-refractivity contribution in [2.45, 2.75) is 20.3 Å². The van der Waals surface area contributed by atoms with Gasteiger partial charge in [0.15, 0.2) is 5.78 Å². The first-order valence-corrected chi connectivity index (χ1v) is 6.64. The highest BCUT2D eigenvalue weighted by molar-refractivity contribution is 5.99. The molecule has 0 saturated carbocycles. The largest absolute Gasteiger partial charge is 0.469 e. The number of carbonyl (C=O) groups excluding carboxylic acids is 2. The van der Waals surface area contributed by atoms with E-state index in [2.05, 4.69) is 4.98 Å². The van der Waals surface area contributed by atoms with E-state index in [-0.39, 0.29) is 18.2 Å². The van der Waals surface area contributed by atoms with Gasteiger partial charge in [-0.25, -0.2) is 4.98 Å². The number of hydrogen-bond acceptors (Lipinski definition) is 4. The lowest BCUT2D eigenvalue weighted by Crippen LogP contribution is -2.28. The maximum absolute atomic E-state index is 12.3. The van der Waals surface area contributed by atoms with Gasteiger partial charge in [-0.3, -0.25) is 9.59 Å². The molecule has 21 heavy (non-hydrogen) atoms. The van der Waals surface area contributed by atoms with Crippen LogP contribution in [0.2, 0.25) is 0 Å². The van der Waals surface area contributed by atoms with Crippen LogP contribution in [-0.2, 0) is 9.53 Å². The molecule has 0 unspecified atom stereocenters. The van der Waals surface area contributed by atoms with Crippen LogP contribution in [0.3, 0.4) is 0 Å². The van der Waals surface area contributed by atoms with E-state index in [0.717, 1.165) is 5.69 Å². The number of hydrogen-bond donors (Lipinski definition) is 0. The fraction of sp³-hybridized carbons (Fsp3) is 0.312. The fourth-order valence-corrected chi connectivity index (χ4v) is 2.08. The first kappa shape index (κ1) is 15.0. The van der Waals surface area contributed by atoms with Crippen molar-refractivity contribution in [3.63, 3.8) is 0 Å². The van der Waals surface area contributed by atoms with E-state index < -0.39 is 5.41 Å². The minimum atomic E-state index is -0.825. The zero-order valence-electron chi connectivity index (χ0n) is 12.4. The highest BCUT2D eigenvalue weighted by Gasteiger charge is 2.31. The van der Waals surface area contributed by atoms with E-state index in [1.54, 1.807) is 38.5 Å². The Bertz CT molecular complexity index is 628. The molecule has 0 aliphatic rings. The van der Waals surface area contributed by atoms with Crippen molar-refractivity contribution >= 4 is 11.8 Å². The average Bonchev–Trinajstić information content (AvgIpc) is 3.00. The van der Waals surface area contributed by atoms with Gasteiger partial charge in [0.05, 0.1) is 18.9 Å². The smallest absolute Gasteiger partial charge is 0.311 e. The number of Topliss-reactive ketones (excluding diaryl/α,β-unsaturated/α-hetero) is 1. The van der Waals surface area contributed by atoms with Gasteiger partial charge in [-0.2, -0.15) is 0 Å². The van der Waals surface area contributed by atoms with Gasteiger partial charge in [0.2, 0.25) is 0 Å². The molecule has 0 aliphatic heterocycles. The molecule has 1 aromatic heterocycles. The van der Waals surface area contributed by atoms with Crippen LogP contribution in [0.5, 0.6) is 0 Å². The number of nitrogens with zero attached hydrogens (tertiary/aromatic N) is 2. The van der Waals surface area contributed by atoms with Gasteiger partial charge < -0.3 is 9.30 Å². The maximum atomic E-state index is 12.3. The summed E-state index contributed by atoms with van der Waals surface area (Å²) in [6.07, 6.45) is 5.33. The molecule has 0 saturated heterocycles. The number of ketones is 1. The summed E-state index contributed by atoms with van der Waals surface area (Å²) < 4.78 is 6.57. The summed E-state index contributed by atoms with van der Waals surface area (Å²) in [6.45, 7) is 3.41.